The molecule has 1 aromatic carbocycles. The first-order valence-corrected chi connectivity index (χ1v) is 3.80. The second-order valence-electron chi connectivity index (χ2n) is 2.59. The number of hydrogen-bond acceptors (Lipinski definition) is 4. The number of ether oxygens (including phenoxy) is 2. The molecule has 0 fully saturated rings. The van der Waals surface area contributed by atoms with E-state index in [9.17, 15) is 10.1 Å². The van der Waals surface area contributed by atoms with E-state index in [2.05, 4.69) is 0 Å². The molecule has 14 heavy (non-hydrogen) atoms. The van der Waals surface area contributed by atoms with Gasteiger partial charge in [0.2, 0.25) is 12.9 Å². The smallest absolute Gasteiger partial charge is 0.235 e. The molecular formula is C9H7NO4. The summed E-state index contributed by atoms with van der Waals surface area (Å²) in [5.74, 6) is 0.513. The van der Waals surface area contributed by atoms with Gasteiger partial charge in [0.1, 0.15) is 2.74 Å². The van der Waals surface area contributed by atoms with Gasteiger partial charge in [-0.1, -0.05) is 6.07 Å². The van der Waals surface area contributed by atoms with E-state index in [1.54, 1.807) is 6.07 Å². The number of rotatable bonds is 2. The summed E-state index contributed by atoms with van der Waals surface area (Å²) in [5.41, 5.74) is 0.539. The van der Waals surface area contributed by atoms with Crippen LogP contribution in [0.25, 0.3) is 6.08 Å². The summed E-state index contributed by atoms with van der Waals surface area (Å²) in [6, 6.07) is 4.55. The van der Waals surface area contributed by atoms with E-state index in [4.69, 9.17) is 12.2 Å². The topological polar surface area (TPSA) is 61.6 Å². The van der Waals surface area contributed by atoms with E-state index in [1.165, 1.54) is 18.2 Å². The third kappa shape index (κ3) is 1.66. The number of nitro groups is 1. The lowest BCUT2D eigenvalue weighted by Crippen LogP contribution is -1.92. The van der Waals surface area contributed by atoms with Gasteiger partial charge < -0.3 is 9.47 Å². The van der Waals surface area contributed by atoms with Crippen LogP contribution in [-0.2, 0) is 0 Å². The van der Waals surface area contributed by atoms with Crippen molar-refractivity contribution in [2.45, 2.75) is 0 Å². The second kappa shape index (κ2) is 3.37. The molecule has 0 amide bonds. The van der Waals surface area contributed by atoms with Gasteiger partial charge >= 0.3 is 0 Å². The first-order valence-electron chi connectivity index (χ1n) is 4.80. The Morgan fingerprint density at radius 3 is 3.07 bits per heavy atom. The van der Waals surface area contributed by atoms with Crippen LogP contribution in [0.1, 0.15) is 8.30 Å². The van der Waals surface area contributed by atoms with Crippen molar-refractivity contribution in [2.24, 2.45) is 0 Å². The lowest BCUT2D eigenvalue weighted by Gasteiger charge is -1.95. The number of fused-ring (bicyclic) bond motifs is 1. The molecule has 0 spiro atoms. The highest BCUT2D eigenvalue weighted by molar-refractivity contribution is 5.55. The Morgan fingerprint density at radius 1 is 1.50 bits per heavy atom. The molecule has 1 aromatic rings. The zero-order valence-electron chi connectivity index (χ0n) is 8.97. The minimum Gasteiger partial charge on any atom is -0.454 e. The summed E-state index contributed by atoms with van der Waals surface area (Å²) in [5, 5.41) is 10.1. The molecule has 0 saturated carbocycles. The fourth-order valence-electron chi connectivity index (χ4n) is 1.05. The average molecular weight is 195 g/mol. The van der Waals surface area contributed by atoms with Crippen molar-refractivity contribution in [1.82, 2.24) is 0 Å². The lowest BCUT2D eigenvalue weighted by atomic mass is 10.2. The normalized spacial score (nSPS) is 19.1. The molecule has 5 heteroatoms. The molecule has 0 saturated heterocycles. The highest BCUT2D eigenvalue weighted by atomic mass is 16.7. The van der Waals surface area contributed by atoms with Crippen molar-refractivity contribution in [3.63, 3.8) is 0 Å². The van der Waals surface area contributed by atoms with Crippen LogP contribution in [0, 0.1) is 10.1 Å². The van der Waals surface area contributed by atoms with Crippen LogP contribution < -0.4 is 9.47 Å². The van der Waals surface area contributed by atoms with E-state index in [0.717, 1.165) is 6.20 Å². The van der Waals surface area contributed by atoms with Gasteiger partial charge in [-0.3, -0.25) is 10.1 Å². The van der Waals surface area contributed by atoms with Crippen molar-refractivity contribution in [2.75, 3.05) is 6.75 Å². The molecule has 1 heterocycles. The Labute approximate surface area is 82.5 Å². The monoisotopic (exact) mass is 195 g/mol. The summed E-state index contributed by atoms with van der Waals surface area (Å²) >= 11 is 0. The highest BCUT2D eigenvalue weighted by Gasteiger charge is 2.12. The highest BCUT2D eigenvalue weighted by Crippen LogP contribution is 2.32. The van der Waals surface area contributed by atoms with E-state index in [0.29, 0.717) is 5.56 Å². The van der Waals surface area contributed by atoms with E-state index >= 15 is 0 Å². The Kier molecular flexibility index (Phi) is 1.55. The molecule has 0 aromatic heterocycles. The van der Waals surface area contributed by atoms with Gasteiger partial charge in [-0.25, -0.2) is 0 Å². The van der Waals surface area contributed by atoms with Gasteiger partial charge in [0.15, 0.2) is 11.5 Å². The molecule has 1 aliphatic heterocycles. The van der Waals surface area contributed by atoms with Crippen LogP contribution in [0.5, 0.6) is 11.5 Å². The first-order chi connectivity index (χ1) is 7.46. The molecule has 0 N–H and O–H groups in total. The predicted octanol–water partition coefficient (Wildman–Crippen LogP) is 1.66. The summed E-state index contributed by atoms with van der Waals surface area (Å²) in [7, 11) is 0. The van der Waals surface area contributed by atoms with Crippen LogP contribution in [0.2, 0.25) is 0 Å². The maximum absolute atomic E-state index is 10.1. The zero-order chi connectivity index (χ0) is 11.8. The van der Waals surface area contributed by atoms with Gasteiger partial charge in [-0.05, 0) is 17.7 Å². The molecular weight excluding hydrogens is 186 g/mol. The van der Waals surface area contributed by atoms with Crippen LogP contribution in [0.3, 0.4) is 0 Å². The van der Waals surface area contributed by atoms with E-state index < -0.39 is 11.7 Å². The van der Waals surface area contributed by atoms with Gasteiger partial charge in [0.25, 0.3) is 0 Å². The SMILES string of the molecule is [2H]C1([2H])Oc2ccc(/C=C/[N+](=O)[O-])cc2O1. The zero-order valence-corrected chi connectivity index (χ0v) is 6.97. The lowest BCUT2D eigenvalue weighted by molar-refractivity contribution is -0.400. The standard InChI is InChI=1S/C9H7NO4/c11-10(12)4-3-7-1-2-8-9(5-7)14-6-13-8/h1-5H,6H2/b4-3+/i6D2. The number of hydrogen-bond donors (Lipinski definition) is 0. The van der Waals surface area contributed by atoms with Gasteiger partial charge in [-0.2, -0.15) is 0 Å². The van der Waals surface area contributed by atoms with Crippen molar-refractivity contribution in [3.8, 4) is 11.5 Å². The minimum absolute atomic E-state index is 0.232. The molecule has 0 radical (unpaired) electrons. The quantitative estimate of drug-likeness (QED) is 0.531. The first kappa shape index (κ1) is 6.42. The molecule has 2 rings (SSSR count). The van der Waals surface area contributed by atoms with Crippen molar-refractivity contribution in [1.29, 1.82) is 0 Å². The molecule has 72 valence electrons. The van der Waals surface area contributed by atoms with E-state index in [1.807, 2.05) is 0 Å². The van der Waals surface area contributed by atoms with Crippen molar-refractivity contribution >= 4 is 6.08 Å². The van der Waals surface area contributed by atoms with E-state index in [-0.39, 0.29) is 11.5 Å². The van der Waals surface area contributed by atoms with Gasteiger partial charge in [-0.15, -0.1) is 0 Å². The maximum Gasteiger partial charge on any atom is 0.235 e. The Hall–Kier alpha value is -2.04. The van der Waals surface area contributed by atoms with Crippen molar-refractivity contribution in [3.05, 3.63) is 40.1 Å². The Bertz CT molecular complexity index is 473. The molecule has 1 aliphatic rings. The number of nitrogens with zero attached hydrogens (tertiary/aromatic N) is 1. The largest absolute Gasteiger partial charge is 0.454 e. The third-order valence-electron chi connectivity index (χ3n) is 1.66. The summed E-state index contributed by atoms with van der Waals surface area (Å²) in [6.45, 7) is -2.17. The minimum atomic E-state index is -2.17. The van der Waals surface area contributed by atoms with Crippen LogP contribution in [0.4, 0.5) is 0 Å². The summed E-state index contributed by atoms with van der Waals surface area (Å²) < 4.78 is 24.1. The second-order valence-corrected chi connectivity index (χ2v) is 2.59. The third-order valence-corrected chi connectivity index (χ3v) is 1.66. The van der Waals surface area contributed by atoms with Crippen LogP contribution in [0.15, 0.2) is 24.4 Å². The summed E-state index contributed by atoms with van der Waals surface area (Å²) in [6.07, 6.45) is 2.09. The molecule has 0 aliphatic carbocycles. The fourth-order valence-corrected chi connectivity index (χ4v) is 1.05. The van der Waals surface area contributed by atoms with Crippen LogP contribution in [-0.4, -0.2) is 11.7 Å². The van der Waals surface area contributed by atoms with Crippen LogP contribution >= 0.6 is 0 Å². The average Bonchev–Trinajstić information content (AvgIpc) is 2.47. The number of benzene rings is 1. The molecule has 0 bridgehead atoms. The Morgan fingerprint density at radius 2 is 2.29 bits per heavy atom. The fraction of sp³-hybridized carbons (Fsp3) is 0.111. The van der Waals surface area contributed by atoms with Crippen molar-refractivity contribution < 1.29 is 17.1 Å². The molecule has 0 unspecified atom stereocenters. The predicted molar refractivity (Wildman–Crippen MR) is 48.6 cm³/mol. The summed E-state index contributed by atoms with van der Waals surface area (Å²) in [4.78, 5) is 9.53. The maximum atomic E-state index is 10.1. The molecule has 0 atom stereocenters. The Balaban J connectivity index is 2.26. The van der Waals surface area contributed by atoms with Gasteiger partial charge in [0.05, 0.1) is 4.92 Å². The molecule has 5 nitrogen and oxygen atoms in total. The van der Waals surface area contributed by atoms with Gasteiger partial charge in [0, 0.05) is 6.08 Å².